The van der Waals surface area contributed by atoms with Gasteiger partial charge in [0.1, 0.15) is 0 Å². The Morgan fingerprint density at radius 1 is 1.33 bits per heavy atom. The molecule has 1 heterocycles. The van der Waals surface area contributed by atoms with E-state index in [2.05, 4.69) is 43.4 Å². The SMILES string of the molecule is CCCNC1CCC(C)CC1Sc1nc2ccccc2s1. The monoisotopic (exact) mass is 320 g/mol. The second kappa shape index (κ2) is 7.12. The number of benzene rings is 1. The van der Waals surface area contributed by atoms with E-state index in [9.17, 15) is 0 Å². The Hall–Kier alpha value is -0.580. The fraction of sp³-hybridized carbons (Fsp3) is 0.588. The van der Waals surface area contributed by atoms with Gasteiger partial charge in [-0.1, -0.05) is 37.7 Å². The average molecular weight is 321 g/mol. The predicted octanol–water partition coefficient (Wildman–Crippen LogP) is 4.95. The van der Waals surface area contributed by atoms with Gasteiger partial charge in [0.15, 0.2) is 4.34 Å². The number of rotatable bonds is 5. The van der Waals surface area contributed by atoms with E-state index in [1.54, 1.807) is 0 Å². The summed E-state index contributed by atoms with van der Waals surface area (Å²) in [6.07, 6.45) is 5.19. The molecule has 3 atom stereocenters. The molecule has 3 rings (SSSR count). The van der Waals surface area contributed by atoms with Crippen LogP contribution >= 0.6 is 23.1 Å². The Morgan fingerprint density at radius 3 is 3.00 bits per heavy atom. The van der Waals surface area contributed by atoms with Crippen LogP contribution in [-0.2, 0) is 0 Å². The third-order valence-corrected chi connectivity index (χ3v) is 6.72. The lowest BCUT2D eigenvalue weighted by molar-refractivity contribution is 0.317. The molecule has 0 amide bonds. The van der Waals surface area contributed by atoms with Crippen molar-refractivity contribution in [2.75, 3.05) is 6.54 Å². The minimum atomic E-state index is 0.651. The molecular weight excluding hydrogens is 296 g/mol. The first-order valence-corrected chi connectivity index (χ1v) is 9.71. The van der Waals surface area contributed by atoms with Gasteiger partial charge in [0, 0.05) is 11.3 Å². The topological polar surface area (TPSA) is 24.9 Å². The molecule has 1 aliphatic rings. The fourth-order valence-electron chi connectivity index (χ4n) is 3.05. The third kappa shape index (κ3) is 3.79. The van der Waals surface area contributed by atoms with Crippen molar-refractivity contribution in [3.8, 4) is 0 Å². The van der Waals surface area contributed by atoms with Gasteiger partial charge in [0.2, 0.25) is 0 Å². The first kappa shape index (κ1) is 15.3. The van der Waals surface area contributed by atoms with E-state index >= 15 is 0 Å². The molecule has 0 spiro atoms. The van der Waals surface area contributed by atoms with Crippen molar-refractivity contribution in [3.63, 3.8) is 0 Å². The number of thioether (sulfide) groups is 1. The summed E-state index contributed by atoms with van der Waals surface area (Å²) < 4.78 is 2.54. The first-order valence-electron chi connectivity index (χ1n) is 8.02. The van der Waals surface area contributed by atoms with E-state index in [-0.39, 0.29) is 0 Å². The molecule has 1 saturated carbocycles. The van der Waals surface area contributed by atoms with Crippen LogP contribution in [0.25, 0.3) is 10.2 Å². The van der Waals surface area contributed by atoms with Crippen LogP contribution in [0.15, 0.2) is 28.6 Å². The van der Waals surface area contributed by atoms with Gasteiger partial charge in [-0.15, -0.1) is 11.3 Å². The first-order chi connectivity index (χ1) is 10.3. The molecule has 0 radical (unpaired) electrons. The van der Waals surface area contributed by atoms with Gasteiger partial charge in [-0.2, -0.15) is 0 Å². The summed E-state index contributed by atoms with van der Waals surface area (Å²) in [5.74, 6) is 0.844. The molecule has 3 unspecified atom stereocenters. The molecule has 1 aromatic heterocycles. The number of nitrogens with one attached hydrogen (secondary N) is 1. The van der Waals surface area contributed by atoms with Crippen molar-refractivity contribution in [2.24, 2.45) is 5.92 Å². The summed E-state index contributed by atoms with van der Waals surface area (Å²) in [7, 11) is 0. The van der Waals surface area contributed by atoms with Gasteiger partial charge < -0.3 is 5.32 Å². The van der Waals surface area contributed by atoms with E-state index < -0.39 is 0 Å². The van der Waals surface area contributed by atoms with Crippen LogP contribution in [0.1, 0.15) is 39.5 Å². The van der Waals surface area contributed by atoms with Crippen molar-refractivity contribution in [2.45, 2.75) is 55.2 Å². The summed E-state index contributed by atoms with van der Waals surface area (Å²) in [6.45, 7) is 5.77. The van der Waals surface area contributed by atoms with E-state index in [1.165, 1.54) is 34.7 Å². The Morgan fingerprint density at radius 2 is 2.19 bits per heavy atom. The molecule has 0 saturated heterocycles. The number of hydrogen-bond acceptors (Lipinski definition) is 4. The number of fused-ring (bicyclic) bond motifs is 1. The Balaban J connectivity index is 1.73. The van der Waals surface area contributed by atoms with Crippen LogP contribution in [-0.4, -0.2) is 22.8 Å². The normalized spacial score (nSPS) is 26.3. The molecule has 1 aromatic carbocycles. The van der Waals surface area contributed by atoms with Crippen LogP contribution in [0, 0.1) is 5.92 Å². The molecule has 0 aliphatic heterocycles. The molecule has 1 N–H and O–H groups in total. The number of nitrogens with zero attached hydrogens (tertiary/aromatic N) is 1. The maximum atomic E-state index is 4.80. The van der Waals surface area contributed by atoms with Crippen molar-refractivity contribution >= 4 is 33.3 Å². The van der Waals surface area contributed by atoms with Crippen LogP contribution < -0.4 is 5.32 Å². The third-order valence-electron chi connectivity index (χ3n) is 4.24. The quantitative estimate of drug-likeness (QED) is 0.844. The van der Waals surface area contributed by atoms with Gasteiger partial charge in [0.25, 0.3) is 0 Å². The van der Waals surface area contributed by atoms with Crippen molar-refractivity contribution in [1.82, 2.24) is 10.3 Å². The minimum Gasteiger partial charge on any atom is -0.313 e. The largest absolute Gasteiger partial charge is 0.313 e. The summed E-state index contributed by atoms with van der Waals surface area (Å²) in [5.41, 5.74) is 1.15. The zero-order chi connectivity index (χ0) is 14.7. The maximum absolute atomic E-state index is 4.80. The summed E-state index contributed by atoms with van der Waals surface area (Å²) >= 11 is 3.84. The van der Waals surface area contributed by atoms with E-state index in [1.807, 2.05) is 23.1 Å². The molecule has 1 fully saturated rings. The second-order valence-corrected chi connectivity index (χ2v) is 8.60. The molecule has 2 nitrogen and oxygen atoms in total. The molecule has 0 bridgehead atoms. The lowest BCUT2D eigenvalue weighted by Gasteiger charge is -2.34. The van der Waals surface area contributed by atoms with Gasteiger partial charge in [0.05, 0.1) is 10.2 Å². The molecular formula is C17H24N2S2. The second-order valence-electron chi connectivity index (χ2n) is 6.08. The van der Waals surface area contributed by atoms with Crippen molar-refractivity contribution < 1.29 is 0 Å². The number of hydrogen-bond donors (Lipinski definition) is 1. The lowest BCUT2D eigenvalue weighted by atomic mass is 9.87. The van der Waals surface area contributed by atoms with Crippen molar-refractivity contribution in [3.05, 3.63) is 24.3 Å². The van der Waals surface area contributed by atoms with Crippen molar-refractivity contribution in [1.29, 1.82) is 0 Å². The molecule has 4 heteroatoms. The van der Waals surface area contributed by atoms with Gasteiger partial charge in [-0.05, 0) is 50.3 Å². The molecule has 1 aliphatic carbocycles. The molecule has 2 aromatic rings. The Bertz CT molecular complexity index is 546. The fourth-order valence-corrected chi connectivity index (χ4v) is 5.81. The molecule has 114 valence electrons. The van der Waals surface area contributed by atoms with Crippen LogP contribution in [0.3, 0.4) is 0 Å². The Kier molecular flexibility index (Phi) is 5.19. The highest BCUT2D eigenvalue weighted by Gasteiger charge is 2.29. The molecule has 21 heavy (non-hydrogen) atoms. The highest BCUT2D eigenvalue weighted by Crippen LogP contribution is 2.39. The number of thiazole rings is 1. The summed E-state index contributed by atoms with van der Waals surface area (Å²) in [6, 6.07) is 9.12. The maximum Gasteiger partial charge on any atom is 0.151 e. The number of aromatic nitrogens is 1. The zero-order valence-corrected chi connectivity index (χ0v) is 14.5. The lowest BCUT2D eigenvalue weighted by Crippen LogP contribution is -2.42. The smallest absolute Gasteiger partial charge is 0.151 e. The van der Waals surface area contributed by atoms with Crippen LogP contribution in [0.4, 0.5) is 0 Å². The average Bonchev–Trinajstić information content (AvgIpc) is 2.88. The predicted molar refractivity (Wildman–Crippen MR) is 94.4 cm³/mol. The number of para-hydroxylation sites is 1. The van der Waals surface area contributed by atoms with Crippen LogP contribution in [0.5, 0.6) is 0 Å². The van der Waals surface area contributed by atoms with Gasteiger partial charge >= 0.3 is 0 Å². The van der Waals surface area contributed by atoms with E-state index in [0.717, 1.165) is 18.0 Å². The summed E-state index contributed by atoms with van der Waals surface area (Å²) in [5, 5.41) is 4.42. The zero-order valence-electron chi connectivity index (χ0n) is 12.8. The highest BCUT2D eigenvalue weighted by molar-refractivity contribution is 8.01. The minimum absolute atomic E-state index is 0.651. The van der Waals surface area contributed by atoms with Crippen LogP contribution in [0.2, 0.25) is 0 Å². The van der Waals surface area contributed by atoms with Gasteiger partial charge in [-0.3, -0.25) is 0 Å². The highest BCUT2D eigenvalue weighted by atomic mass is 32.2. The summed E-state index contributed by atoms with van der Waals surface area (Å²) in [4.78, 5) is 4.80. The Labute approximate surface area is 135 Å². The van der Waals surface area contributed by atoms with E-state index in [4.69, 9.17) is 4.98 Å². The van der Waals surface area contributed by atoms with Gasteiger partial charge in [-0.25, -0.2) is 4.98 Å². The standard InChI is InChI=1S/C17H24N2S2/c1-3-10-18-13-9-8-12(2)11-16(13)21-17-19-14-6-4-5-7-15(14)20-17/h4-7,12-13,16,18H,3,8-11H2,1-2H3. The van der Waals surface area contributed by atoms with E-state index in [0.29, 0.717) is 11.3 Å².